The van der Waals surface area contributed by atoms with Crippen molar-refractivity contribution in [2.24, 2.45) is 11.8 Å². The molecule has 1 aliphatic rings. The Morgan fingerprint density at radius 2 is 2.10 bits per heavy atom. The lowest BCUT2D eigenvalue weighted by Crippen LogP contribution is -2.28. The summed E-state index contributed by atoms with van der Waals surface area (Å²) in [4.78, 5) is 11.2. The normalized spacial score (nSPS) is 22.8. The fraction of sp³-hybridized carbons (Fsp3) is 0.588. The Morgan fingerprint density at radius 3 is 2.80 bits per heavy atom. The number of hydrogen-bond donors (Lipinski definition) is 2. The molecule has 1 saturated carbocycles. The van der Waals surface area contributed by atoms with Crippen molar-refractivity contribution in [3.8, 4) is 0 Å². The van der Waals surface area contributed by atoms with Gasteiger partial charge in [-0.15, -0.1) is 0 Å². The van der Waals surface area contributed by atoms with Crippen LogP contribution in [0.5, 0.6) is 0 Å². The van der Waals surface area contributed by atoms with Gasteiger partial charge in [-0.3, -0.25) is 0 Å². The molecule has 2 unspecified atom stereocenters. The van der Waals surface area contributed by atoms with Crippen molar-refractivity contribution in [3.05, 3.63) is 29.8 Å². The molecule has 0 spiro atoms. The van der Waals surface area contributed by atoms with Crippen molar-refractivity contribution < 1.29 is 9.90 Å². The molecule has 0 aromatic heterocycles. The SMILES string of the molecule is CC(C)CC1CCCC(Nc2ccccc2C(=O)O)C1. The molecule has 1 aromatic carbocycles. The molecule has 110 valence electrons. The third-order valence-corrected chi connectivity index (χ3v) is 4.10. The van der Waals surface area contributed by atoms with Crippen LogP contribution in [-0.4, -0.2) is 17.1 Å². The summed E-state index contributed by atoms with van der Waals surface area (Å²) >= 11 is 0. The topological polar surface area (TPSA) is 49.3 Å². The van der Waals surface area contributed by atoms with Crippen LogP contribution in [0.15, 0.2) is 24.3 Å². The highest BCUT2D eigenvalue weighted by Crippen LogP contribution is 2.31. The van der Waals surface area contributed by atoms with Crippen LogP contribution >= 0.6 is 0 Å². The number of carboxylic acid groups (broad SMARTS) is 1. The van der Waals surface area contributed by atoms with E-state index in [0.717, 1.165) is 30.4 Å². The van der Waals surface area contributed by atoms with Crippen LogP contribution < -0.4 is 5.32 Å². The first-order valence-electron chi connectivity index (χ1n) is 7.65. The molecule has 20 heavy (non-hydrogen) atoms. The van der Waals surface area contributed by atoms with E-state index in [-0.39, 0.29) is 0 Å². The van der Waals surface area contributed by atoms with E-state index in [1.54, 1.807) is 12.1 Å². The number of carboxylic acids is 1. The summed E-state index contributed by atoms with van der Waals surface area (Å²) in [5, 5.41) is 12.7. The van der Waals surface area contributed by atoms with Gasteiger partial charge in [0.15, 0.2) is 0 Å². The van der Waals surface area contributed by atoms with E-state index >= 15 is 0 Å². The quantitative estimate of drug-likeness (QED) is 0.837. The fourth-order valence-corrected chi connectivity index (χ4v) is 3.32. The molecule has 1 aliphatic carbocycles. The van der Waals surface area contributed by atoms with Crippen molar-refractivity contribution in [1.82, 2.24) is 0 Å². The van der Waals surface area contributed by atoms with Gasteiger partial charge in [-0.2, -0.15) is 0 Å². The predicted octanol–water partition coefficient (Wildman–Crippen LogP) is 4.40. The van der Waals surface area contributed by atoms with E-state index < -0.39 is 5.97 Å². The lowest BCUT2D eigenvalue weighted by molar-refractivity contribution is 0.0698. The molecule has 2 rings (SSSR count). The predicted molar refractivity (Wildman–Crippen MR) is 82.2 cm³/mol. The molecule has 3 nitrogen and oxygen atoms in total. The van der Waals surface area contributed by atoms with Gasteiger partial charge < -0.3 is 10.4 Å². The summed E-state index contributed by atoms with van der Waals surface area (Å²) in [6.07, 6.45) is 6.13. The molecule has 0 radical (unpaired) electrons. The summed E-state index contributed by atoms with van der Waals surface area (Å²) < 4.78 is 0. The molecular weight excluding hydrogens is 250 g/mol. The Bertz CT molecular complexity index is 456. The highest BCUT2D eigenvalue weighted by molar-refractivity contribution is 5.94. The highest BCUT2D eigenvalue weighted by Gasteiger charge is 2.23. The first kappa shape index (κ1) is 14.9. The van der Waals surface area contributed by atoms with Crippen LogP contribution in [-0.2, 0) is 0 Å². The molecule has 0 heterocycles. The number of carbonyl (C=O) groups is 1. The summed E-state index contributed by atoms with van der Waals surface area (Å²) in [6, 6.07) is 7.61. The molecular formula is C17H25NO2. The monoisotopic (exact) mass is 275 g/mol. The third-order valence-electron chi connectivity index (χ3n) is 4.10. The lowest BCUT2D eigenvalue weighted by Gasteiger charge is -2.31. The maximum Gasteiger partial charge on any atom is 0.337 e. The summed E-state index contributed by atoms with van der Waals surface area (Å²) in [5.41, 5.74) is 1.13. The van der Waals surface area contributed by atoms with E-state index in [1.165, 1.54) is 19.3 Å². The fourth-order valence-electron chi connectivity index (χ4n) is 3.32. The second-order valence-electron chi connectivity index (χ2n) is 6.35. The van der Waals surface area contributed by atoms with Crippen LogP contribution in [0.1, 0.15) is 56.3 Å². The lowest BCUT2D eigenvalue weighted by atomic mass is 9.81. The largest absolute Gasteiger partial charge is 0.478 e. The van der Waals surface area contributed by atoms with Crippen molar-refractivity contribution >= 4 is 11.7 Å². The third kappa shape index (κ3) is 3.99. The molecule has 1 aromatic rings. The summed E-state index contributed by atoms with van der Waals surface area (Å²) in [7, 11) is 0. The van der Waals surface area contributed by atoms with Gasteiger partial charge in [-0.05, 0) is 43.2 Å². The Balaban J connectivity index is 2.01. The minimum atomic E-state index is -0.859. The number of aromatic carboxylic acids is 1. The van der Waals surface area contributed by atoms with Gasteiger partial charge in [-0.25, -0.2) is 4.79 Å². The maximum absolute atomic E-state index is 11.2. The number of hydrogen-bond acceptors (Lipinski definition) is 2. The van der Waals surface area contributed by atoms with Gasteiger partial charge in [0.05, 0.1) is 5.56 Å². The number of anilines is 1. The molecule has 2 N–H and O–H groups in total. The maximum atomic E-state index is 11.2. The second kappa shape index (κ2) is 6.78. The van der Waals surface area contributed by atoms with E-state index in [4.69, 9.17) is 0 Å². The standard InChI is InChI=1S/C17H25NO2/c1-12(2)10-13-6-5-7-14(11-13)18-16-9-4-3-8-15(16)17(19)20/h3-4,8-9,12-14,18H,5-7,10-11H2,1-2H3,(H,19,20). The van der Waals surface area contributed by atoms with E-state index in [0.29, 0.717) is 11.6 Å². The zero-order chi connectivity index (χ0) is 14.5. The van der Waals surface area contributed by atoms with Crippen LogP contribution in [0.3, 0.4) is 0 Å². The van der Waals surface area contributed by atoms with Gasteiger partial charge >= 0.3 is 5.97 Å². The van der Waals surface area contributed by atoms with Gasteiger partial charge in [0.1, 0.15) is 0 Å². The van der Waals surface area contributed by atoms with Crippen LogP contribution in [0.2, 0.25) is 0 Å². The first-order valence-corrected chi connectivity index (χ1v) is 7.65. The Hall–Kier alpha value is -1.51. The van der Waals surface area contributed by atoms with Crippen LogP contribution in [0.4, 0.5) is 5.69 Å². The van der Waals surface area contributed by atoms with E-state index in [1.807, 2.05) is 12.1 Å². The minimum Gasteiger partial charge on any atom is -0.478 e. The van der Waals surface area contributed by atoms with Crippen LogP contribution in [0.25, 0.3) is 0 Å². The molecule has 0 saturated heterocycles. The van der Waals surface area contributed by atoms with E-state index in [9.17, 15) is 9.90 Å². The zero-order valence-electron chi connectivity index (χ0n) is 12.4. The summed E-state index contributed by atoms with van der Waals surface area (Å²) in [5.74, 6) is 0.658. The van der Waals surface area contributed by atoms with Gasteiger partial charge in [0.25, 0.3) is 0 Å². The van der Waals surface area contributed by atoms with Crippen molar-refractivity contribution in [1.29, 1.82) is 0 Å². The van der Waals surface area contributed by atoms with Gasteiger partial charge in [-0.1, -0.05) is 38.8 Å². The van der Waals surface area contributed by atoms with Crippen molar-refractivity contribution in [2.45, 2.75) is 52.0 Å². The molecule has 0 bridgehead atoms. The zero-order valence-corrected chi connectivity index (χ0v) is 12.4. The smallest absolute Gasteiger partial charge is 0.337 e. The van der Waals surface area contributed by atoms with E-state index in [2.05, 4.69) is 19.2 Å². The number of rotatable bonds is 5. The Labute approximate surface area is 121 Å². The van der Waals surface area contributed by atoms with Crippen molar-refractivity contribution in [3.63, 3.8) is 0 Å². The number of benzene rings is 1. The van der Waals surface area contributed by atoms with Crippen LogP contribution in [0, 0.1) is 11.8 Å². The molecule has 1 fully saturated rings. The molecule has 3 heteroatoms. The highest BCUT2D eigenvalue weighted by atomic mass is 16.4. The average molecular weight is 275 g/mol. The Morgan fingerprint density at radius 1 is 1.35 bits per heavy atom. The van der Waals surface area contributed by atoms with Gasteiger partial charge in [0.2, 0.25) is 0 Å². The number of nitrogens with one attached hydrogen (secondary N) is 1. The van der Waals surface area contributed by atoms with Crippen molar-refractivity contribution in [2.75, 3.05) is 5.32 Å². The van der Waals surface area contributed by atoms with Gasteiger partial charge in [0, 0.05) is 11.7 Å². The Kier molecular flexibility index (Phi) is 5.05. The molecule has 2 atom stereocenters. The minimum absolute atomic E-state index is 0.374. The second-order valence-corrected chi connectivity index (χ2v) is 6.35. The number of para-hydroxylation sites is 1. The first-order chi connectivity index (χ1) is 9.56. The molecule has 0 amide bonds. The molecule has 0 aliphatic heterocycles. The average Bonchev–Trinajstić information content (AvgIpc) is 2.38. The summed E-state index contributed by atoms with van der Waals surface area (Å²) in [6.45, 7) is 4.55.